The van der Waals surface area contributed by atoms with Crippen LogP contribution in [0.2, 0.25) is 0 Å². The number of anilines is 1. The van der Waals surface area contributed by atoms with Crippen molar-refractivity contribution in [3.05, 3.63) is 27.1 Å². The van der Waals surface area contributed by atoms with Crippen LogP contribution in [0.1, 0.15) is 15.4 Å². The van der Waals surface area contributed by atoms with E-state index in [1.54, 1.807) is 21.0 Å². The Balaban J connectivity index is 1.97. The van der Waals surface area contributed by atoms with Crippen LogP contribution in [0.3, 0.4) is 0 Å². The Labute approximate surface area is 139 Å². The summed E-state index contributed by atoms with van der Waals surface area (Å²) in [5.41, 5.74) is 0.181. The maximum Gasteiger partial charge on any atom is 0.270 e. The van der Waals surface area contributed by atoms with Crippen LogP contribution in [0.4, 0.5) is 5.13 Å². The summed E-state index contributed by atoms with van der Waals surface area (Å²) >= 11 is 2.16. The summed E-state index contributed by atoms with van der Waals surface area (Å²) in [7, 11) is 3.30. The number of carbonyl (C=O) groups is 2. The Morgan fingerprint density at radius 3 is 2.83 bits per heavy atom. The number of carbonyl (C=O) groups excluding carboxylic acids is 2. The van der Waals surface area contributed by atoms with E-state index in [0.29, 0.717) is 15.7 Å². The van der Waals surface area contributed by atoms with Crippen molar-refractivity contribution >= 4 is 40.0 Å². The molecule has 2 aromatic heterocycles. The summed E-state index contributed by atoms with van der Waals surface area (Å²) in [4.78, 5) is 43.5. The molecule has 0 aliphatic heterocycles. The first-order chi connectivity index (χ1) is 10.9. The molecule has 0 saturated carbocycles. The topological polar surface area (TPSA) is 121 Å². The number of nitrogens with one attached hydrogen (secondary N) is 2. The molecule has 0 bridgehead atoms. The summed E-state index contributed by atoms with van der Waals surface area (Å²) in [6, 6.07) is 0. The van der Waals surface area contributed by atoms with E-state index in [2.05, 4.69) is 25.5 Å². The minimum Gasteiger partial charge on any atom is -0.344 e. The summed E-state index contributed by atoms with van der Waals surface area (Å²) < 4.78 is 0. The second-order valence-corrected chi connectivity index (χ2v) is 6.57. The van der Waals surface area contributed by atoms with Gasteiger partial charge in [0.1, 0.15) is 11.1 Å². The number of hydrogen-bond donors (Lipinski definition) is 2. The number of thioether (sulfide) groups is 1. The van der Waals surface area contributed by atoms with Gasteiger partial charge < -0.3 is 10.2 Å². The van der Waals surface area contributed by atoms with Crippen LogP contribution in [0.5, 0.6) is 0 Å². The van der Waals surface area contributed by atoms with E-state index in [9.17, 15) is 14.4 Å². The van der Waals surface area contributed by atoms with Gasteiger partial charge in [-0.3, -0.25) is 19.4 Å². The van der Waals surface area contributed by atoms with Gasteiger partial charge in [-0.2, -0.15) is 5.10 Å². The summed E-state index contributed by atoms with van der Waals surface area (Å²) in [5, 5.41) is 10.4. The maximum absolute atomic E-state index is 11.9. The lowest BCUT2D eigenvalue weighted by molar-refractivity contribution is -0.113. The second kappa shape index (κ2) is 7.33. The number of nitrogens with zero attached hydrogens (tertiary/aromatic N) is 4. The van der Waals surface area contributed by atoms with E-state index in [1.165, 1.54) is 4.90 Å². The van der Waals surface area contributed by atoms with Gasteiger partial charge >= 0.3 is 0 Å². The highest BCUT2D eigenvalue weighted by Crippen LogP contribution is 2.23. The molecule has 9 nitrogen and oxygen atoms in total. The zero-order valence-electron chi connectivity index (χ0n) is 12.6. The van der Waals surface area contributed by atoms with Crippen molar-refractivity contribution in [1.82, 2.24) is 25.1 Å². The van der Waals surface area contributed by atoms with E-state index in [-0.39, 0.29) is 28.3 Å². The standard InChI is InChI=1S/C12H14N6O3S2/c1-6-9(10(21)18(2)3)23-11(14-6)16-8(20)5-22-12-15-7(19)4-13-17-12/h4H,5H2,1-3H3,(H,14,16,20)(H,15,17,19). The molecule has 2 N–H and O–H groups in total. The monoisotopic (exact) mass is 354 g/mol. The van der Waals surface area contributed by atoms with E-state index in [1.807, 2.05) is 0 Å². The van der Waals surface area contributed by atoms with Crippen LogP contribution in [0.15, 0.2) is 16.1 Å². The molecule has 2 heterocycles. The Kier molecular flexibility index (Phi) is 5.45. The largest absolute Gasteiger partial charge is 0.344 e. The van der Waals surface area contributed by atoms with E-state index >= 15 is 0 Å². The molecule has 0 saturated heterocycles. The van der Waals surface area contributed by atoms with Crippen LogP contribution >= 0.6 is 23.1 Å². The third-order valence-electron chi connectivity index (χ3n) is 2.54. The number of H-pyrrole nitrogens is 1. The van der Waals surface area contributed by atoms with Gasteiger partial charge in [0.2, 0.25) is 5.91 Å². The maximum atomic E-state index is 11.9. The zero-order chi connectivity index (χ0) is 17.0. The van der Waals surface area contributed by atoms with Crippen molar-refractivity contribution in [1.29, 1.82) is 0 Å². The van der Waals surface area contributed by atoms with Gasteiger partial charge in [0.15, 0.2) is 10.3 Å². The van der Waals surface area contributed by atoms with Crippen molar-refractivity contribution < 1.29 is 9.59 Å². The van der Waals surface area contributed by atoms with Gasteiger partial charge in [0, 0.05) is 14.1 Å². The van der Waals surface area contributed by atoms with E-state index < -0.39 is 0 Å². The Morgan fingerprint density at radius 2 is 2.17 bits per heavy atom. The lowest BCUT2D eigenvalue weighted by Gasteiger charge is -2.07. The quantitative estimate of drug-likeness (QED) is 0.744. The molecule has 0 unspecified atom stereocenters. The molecule has 11 heteroatoms. The molecular weight excluding hydrogens is 340 g/mol. The molecule has 0 aromatic carbocycles. The highest BCUT2D eigenvalue weighted by Gasteiger charge is 2.18. The van der Waals surface area contributed by atoms with Gasteiger partial charge in [-0.1, -0.05) is 23.1 Å². The minimum atomic E-state index is -0.384. The molecule has 0 spiro atoms. The zero-order valence-corrected chi connectivity index (χ0v) is 14.2. The van der Waals surface area contributed by atoms with Crippen molar-refractivity contribution in [2.75, 3.05) is 25.2 Å². The van der Waals surface area contributed by atoms with E-state index in [4.69, 9.17) is 0 Å². The number of aromatic amines is 1. The number of aryl methyl sites for hydroxylation is 1. The fourth-order valence-electron chi connectivity index (χ4n) is 1.50. The minimum absolute atomic E-state index is 0.0320. The molecule has 0 aliphatic carbocycles. The Morgan fingerprint density at radius 1 is 1.43 bits per heavy atom. The lowest BCUT2D eigenvalue weighted by Crippen LogP contribution is -2.21. The molecular formula is C12H14N6O3S2. The lowest BCUT2D eigenvalue weighted by atomic mass is 10.3. The van der Waals surface area contributed by atoms with E-state index in [0.717, 1.165) is 29.3 Å². The van der Waals surface area contributed by atoms with Crippen molar-refractivity contribution in [2.45, 2.75) is 12.1 Å². The highest BCUT2D eigenvalue weighted by molar-refractivity contribution is 7.99. The van der Waals surface area contributed by atoms with Crippen LogP contribution in [-0.4, -0.2) is 56.7 Å². The molecule has 0 atom stereocenters. The van der Waals surface area contributed by atoms with Crippen molar-refractivity contribution in [3.63, 3.8) is 0 Å². The van der Waals surface area contributed by atoms with Crippen molar-refractivity contribution in [3.8, 4) is 0 Å². The first-order valence-corrected chi connectivity index (χ1v) is 8.20. The fourth-order valence-corrected chi connectivity index (χ4v) is 3.12. The number of rotatable bonds is 5. The molecule has 2 aromatic rings. The predicted octanol–water partition coefficient (Wildman–Crippen LogP) is 0.362. The van der Waals surface area contributed by atoms with Gasteiger partial charge in [-0.15, -0.1) is 5.10 Å². The van der Waals surface area contributed by atoms with Gasteiger partial charge in [-0.05, 0) is 6.92 Å². The normalized spacial score (nSPS) is 10.4. The van der Waals surface area contributed by atoms with Crippen molar-refractivity contribution in [2.24, 2.45) is 0 Å². The fraction of sp³-hybridized carbons (Fsp3) is 0.333. The third kappa shape index (κ3) is 4.60. The molecule has 2 amide bonds. The SMILES string of the molecule is Cc1nc(NC(=O)CSc2nncc(=O)[nH]2)sc1C(=O)N(C)C. The number of aromatic nitrogens is 4. The molecule has 2 rings (SSSR count). The summed E-state index contributed by atoms with van der Waals surface area (Å²) in [6.45, 7) is 1.71. The van der Waals surface area contributed by atoms with Crippen LogP contribution in [0.25, 0.3) is 0 Å². The molecule has 0 aliphatic rings. The molecule has 23 heavy (non-hydrogen) atoms. The Bertz CT molecular complexity index is 785. The van der Waals surface area contributed by atoms with Crippen LogP contribution < -0.4 is 10.9 Å². The predicted molar refractivity (Wildman–Crippen MR) is 86.9 cm³/mol. The highest BCUT2D eigenvalue weighted by atomic mass is 32.2. The number of amides is 2. The average Bonchev–Trinajstić information content (AvgIpc) is 2.84. The first-order valence-electron chi connectivity index (χ1n) is 6.40. The Hall–Kier alpha value is -2.27. The van der Waals surface area contributed by atoms with Gasteiger partial charge in [0.05, 0.1) is 11.4 Å². The first kappa shape index (κ1) is 17.1. The molecule has 0 fully saturated rings. The number of thiazole rings is 1. The third-order valence-corrected chi connectivity index (χ3v) is 4.46. The summed E-state index contributed by atoms with van der Waals surface area (Å²) in [6.07, 6.45) is 1.05. The van der Waals surface area contributed by atoms with Gasteiger partial charge in [0.25, 0.3) is 11.5 Å². The van der Waals surface area contributed by atoms with Crippen LogP contribution in [0, 0.1) is 6.92 Å². The molecule has 0 radical (unpaired) electrons. The summed E-state index contributed by atoms with van der Waals surface area (Å²) in [5.74, 6) is -0.448. The molecule has 122 valence electrons. The number of hydrogen-bond acceptors (Lipinski definition) is 8. The van der Waals surface area contributed by atoms with Crippen LogP contribution in [-0.2, 0) is 4.79 Å². The second-order valence-electron chi connectivity index (χ2n) is 4.61. The average molecular weight is 354 g/mol. The van der Waals surface area contributed by atoms with Gasteiger partial charge in [-0.25, -0.2) is 4.98 Å². The smallest absolute Gasteiger partial charge is 0.270 e.